The molecule has 3 rings (SSSR count). The summed E-state index contributed by atoms with van der Waals surface area (Å²) in [5, 5.41) is 2.62. The van der Waals surface area contributed by atoms with Gasteiger partial charge in [-0.1, -0.05) is 36.4 Å². The first kappa shape index (κ1) is 24.0. The summed E-state index contributed by atoms with van der Waals surface area (Å²) in [6.45, 7) is 7.92. The lowest BCUT2D eigenvalue weighted by atomic mass is 10.0. The summed E-state index contributed by atoms with van der Waals surface area (Å²) in [4.78, 5) is 11.9. The number of nitrogens with one attached hydrogen (secondary N) is 1. The van der Waals surface area contributed by atoms with Gasteiger partial charge in [0.15, 0.2) is 6.73 Å². The van der Waals surface area contributed by atoms with Crippen molar-refractivity contribution in [3.63, 3.8) is 0 Å². The average molecular weight is 450 g/mol. The SMILES string of the molecule is COc1ccc(COc2ccc(-c3ccc(C)cc3OCNC(=O)OC(C)(C)C)cc2)cc1. The zero-order valence-electron chi connectivity index (χ0n) is 19.8. The molecule has 3 aromatic carbocycles. The molecule has 0 unspecified atom stereocenters. The predicted molar refractivity (Wildman–Crippen MR) is 129 cm³/mol. The lowest BCUT2D eigenvalue weighted by Crippen LogP contribution is -2.34. The Morgan fingerprint density at radius 3 is 2.18 bits per heavy atom. The quantitative estimate of drug-likeness (QED) is 0.420. The minimum Gasteiger partial charge on any atom is -0.497 e. The van der Waals surface area contributed by atoms with Crippen LogP contribution in [0, 0.1) is 6.92 Å². The summed E-state index contributed by atoms with van der Waals surface area (Å²) < 4.78 is 22.2. The molecule has 0 radical (unpaired) electrons. The van der Waals surface area contributed by atoms with Crippen LogP contribution in [-0.2, 0) is 11.3 Å². The van der Waals surface area contributed by atoms with Gasteiger partial charge in [0.1, 0.15) is 29.5 Å². The molecule has 3 aromatic rings. The first-order valence-electron chi connectivity index (χ1n) is 10.8. The zero-order valence-corrected chi connectivity index (χ0v) is 19.8. The molecule has 0 bridgehead atoms. The van der Waals surface area contributed by atoms with E-state index in [-0.39, 0.29) is 6.73 Å². The minimum absolute atomic E-state index is 0.00836. The summed E-state index contributed by atoms with van der Waals surface area (Å²) in [7, 11) is 1.65. The summed E-state index contributed by atoms with van der Waals surface area (Å²) in [6.07, 6.45) is -0.518. The van der Waals surface area contributed by atoms with Gasteiger partial charge >= 0.3 is 6.09 Å². The van der Waals surface area contributed by atoms with Crippen LogP contribution in [-0.4, -0.2) is 25.5 Å². The van der Waals surface area contributed by atoms with Crippen molar-refractivity contribution in [1.82, 2.24) is 5.32 Å². The van der Waals surface area contributed by atoms with Gasteiger partial charge in [-0.15, -0.1) is 0 Å². The van der Waals surface area contributed by atoms with Gasteiger partial charge in [0, 0.05) is 5.56 Å². The number of rotatable bonds is 8. The number of hydrogen-bond acceptors (Lipinski definition) is 5. The smallest absolute Gasteiger partial charge is 0.410 e. The van der Waals surface area contributed by atoms with Gasteiger partial charge in [-0.05, 0) is 74.7 Å². The van der Waals surface area contributed by atoms with Crippen molar-refractivity contribution in [3.8, 4) is 28.4 Å². The normalized spacial score (nSPS) is 10.9. The van der Waals surface area contributed by atoms with Crippen LogP contribution in [0.25, 0.3) is 11.1 Å². The van der Waals surface area contributed by atoms with Crippen molar-refractivity contribution in [3.05, 3.63) is 77.9 Å². The summed E-state index contributed by atoms with van der Waals surface area (Å²) >= 11 is 0. The number of benzene rings is 3. The van der Waals surface area contributed by atoms with Gasteiger partial charge in [0.25, 0.3) is 0 Å². The first-order valence-corrected chi connectivity index (χ1v) is 10.8. The van der Waals surface area contributed by atoms with Crippen LogP contribution in [0.2, 0.25) is 0 Å². The summed E-state index contributed by atoms with van der Waals surface area (Å²) in [6, 6.07) is 21.6. The number of carbonyl (C=O) groups excluding carboxylic acids is 1. The Balaban J connectivity index is 1.63. The molecule has 0 aliphatic rings. The van der Waals surface area contributed by atoms with Crippen LogP contribution < -0.4 is 19.5 Å². The van der Waals surface area contributed by atoms with E-state index >= 15 is 0 Å². The van der Waals surface area contributed by atoms with E-state index in [4.69, 9.17) is 18.9 Å². The van der Waals surface area contributed by atoms with E-state index in [1.165, 1.54) is 0 Å². The van der Waals surface area contributed by atoms with E-state index in [1.807, 2.05) is 94.4 Å². The molecule has 1 N–H and O–H groups in total. The van der Waals surface area contributed by atoms with Crippen LogP contribution in [0.5, 0.6) is 17.2 Å². The maximum Gasteiger partial charge on any atom is 0.410 e. The molecule has 6 nitrogen and oxygen atoms in total. The molecule has 174 valence electrons. The Kier molecular flexibility index (Phi) is 7.83. The Hall–Kier alpha value is -3.67. The topological polar surface area (TPSA) is 66.0 Å². The zero-order chi connectivity index (χ0) is 23.8. The van der Waals surface area contributed by atoms with Crippen molar-refractivity contribution in [2.75, 3.05) is 13.8 Å². The Morgan fingerprint density at radius 1 is 0.879 bits per heavy atom. The predicted octanol–water partition coefficient (Wildman–Crippen LogP) is 6.11. The molecule has 33 heavy (non-hydrogen) atoms. The molecule has 0 spiro atoms. The number of methoxy groups -OCH3 is 1. The van der Waals surface area contributed by atoms with E-state index in [0.717, 1.165) is 33.8 Å². The third-order valence-corrected chi connectivity index (χ3v) is 4.71. The fourth-order valence-corrected chi connectivity index (χ4v) is 3.09. The second-order valence-electron chi connectivity index (χ2n) is 8.63. The number of alkyl carbamates (subject to hydrolysis) is 1. The van der Waals surface area contributed by atoms with Gasteiger partial charge in [0.05, 0.1) is 7.11 Å². The fraction of sp³-hybridized carbons (Fsp3) is 0.296. The van der Waals surface area contributed by atoms with E-state index in [1.54, 1.807) is 7.11 Å². The highest BCUT2D eigenvalue weighted by atomic mass is 16.6. The molecular weight excluding hydrogens is 418 g/mol. The van der Waals surface area contributed by atoms with Gasteiger partial charge < -0.3 is 18.9 Å². The van der Waals surface area contributed by atoms with Gasteiger partial charge in [-0.25, -0.2) is 4.79 Å². The second kappa shape index (κ2) is 10.8. The molecule has 0 saturated carbocycles. The van der Waals surface area contributed by atoms with Crippen molar-refractivity contribution < 1.29 is 23.7 Å². The molecule has 0 aromatic heterocycles. The standard InChI is InChI=1S/C27H31NO5/c1-19-6-15-24(25(16-19)32-18-28-26(29)33-27(2,3)4)21-9-13-23(14-10-21)31-17-20-7-11-22(30-5)12-8-20/h6-16H,17-18H2,1-5H3,(H,28,29). The van der Waals surface area contributed by atoms with Crippen LogP contribution in [0.15, 0.2) is 66.7 Å². The van der Waals surface area contributed by atoms with E-state index in [9.17, 15) is 4.79 Å². The van der Waals surface area contributed by atoms with Crippen LogP contribution in [0.3, 0.4) is 0 Å². The highest BCUT2D eigenvalue weighted by Crippen LogP contribution is 2.32. The summed E-state index contributed by atoms with van der Waals surface area (Å²) in [5.41, 5.74) is 3.47. The van der Waals surface area contributed by atoms with Crippen molar-refractivity contribution in [2.24, 2.45) is 0 Å². The Morgan fingerprint density at radius 2 is 1.55 bits per heavy atom. The Bertz CT molecular complexity index is 1050. The Labute approximate surface area is 195 Å². The van der Waals surface area contributed by atoms with E-state index < -0.39 is 11.7 Å². The third kappa shape index (κ3) is 7.45. The van der Waals surface area contributed by atoms with Crippen LogP contribution in [0.4, 0.5) is 4.79 Å². The number of ether oxygens (including phenoxy) is 4. The molecule has 0 fully saturated rings. The monoisotopic (exact) mass is 449 g/mol. The molecule has 1 amide bonds. The number of aryl methyl sites for hydroxylation is 1. The fourth-order valence-electron chi connectivity index (χ4n) is 3.09. The van der Waals surface area contributed by atoms with Gasteiger partial charge in [-0.3, -0.25) is 5.32 Å². The second-order valence-corrected chi connectivity index (χ2v) is 8.63. The molecule has 0 heterocycles. The molecular formula is C27H31NO5. The maximum absolute atomic E-state index is 11.9. The number of carbonyl (C=O) groups is 1. The van der Waals surface area contributed by atoms with Crippen LogP contribution in [0.1, 0.15) is 31.9 Å². The third-order valence-electron chi connectivity index (χ3n) is 4.71. The van der Waals surface area contributed by atoms with Crippen LogP contribution >= 0.6 is 0 Å². The highest BCUT2D eigenvalue weighted by molar-refractivity contribution is 5.71. The maximum atomic E-state index is 11.9. The lowest BCUT2D eigenvalue weighted by Gasteiger charge is -2.20. The van der Waals surface area contributed by atoms with E-state index in [0.29, 0.717) is 12.4 Å². The van der Waals surface area contributed by atoms with Crippen molar-refractivity contribution >= 4 is 6.09 Å². The van der Waals surface area contributed by atoms with Gasteiger partial charge in [0.2, 0.25) is 0 Å². The molecule has 6 heteroatoms. The molecule has 0 aliphatic heterocycles. The van der Waals surface area contributed by atoms with Crippen molar-refractivity contribution in [1.29, 1.82) is 0 Å². The highest BCUT2D eigenvalue weighted by Gasteiger charge is 2.16. The molecule has 0 atom stereocenters. The molecule has 0 aliphatic carbocycles. The van der Waals surface area contributed by atoms with Gasteiger partial charge in [-0.2, -0.15) is 0 Å². The van der Waals surface area contributed by atoms with Crippen molar-refractivity contribution in [2.45, 2.75) is 39.9 Å². The summed E-state index contributed by atoms with van der Waals surface area (Å²) in [5.74, 6) is 2.27. The lowest BCUT2D eigenvalue weighted by molar-refractivity contribution is 0.0485. The minimum atomic E-state index is -0.560. The first-order chi connectivity index (χ1) is 15.7. The largest absolute Gasteiger partial charge is 0.497 e. The van der Waals surface area contributed by atoms with E-state index in [2.05, 4.69) is 5.32 Å². The molecule has 0 saturated heterocycles. The number of hydrogen-bond donors (Lipinski definition) is 1. The number of amides is 1. The average Bonchev–Trinajstić information content (AvgIpc) is 2.77.